The number of hydrogen-bond donors (Lipinski definition) is 3. The van der Waals surface area contributed by atoms with E-state index in [0.29, 0.717) is 26.1 Å². The number of aromatic nitrogens is 2. The number of amides is 1. The Morgan fingerprint density at radius 2 is 1.93 bits per heavy atom. The van der Waals surface area contributed by atoms with Gasteiger partial charge >= 0.3 is 0 Å². The average Bonchev–Trinajstić information content (AvgIpc) is 2.69. The molecule has 1 aromatic rings. The van der Waals surface area contributed by atoms with Crippen LogP contribution in [0.15, 0.2) is 6.33 Å². The zero-order valence-corrected chi connectivity index (χ0v) is 17.3. The van der Waals surface area contributed by atoms with Gasteiger partial charge in [-0.3, -0.25) is 4.79 Å². The van der Waals surface area contributed by atoms with Gasteiger partial charge in [0.25, 0.3) is 0 Å². The molecule has 4 aliphatic carbocycles. The van der Waals surface area contributed by atoms with E-state index in [1.165, 1.54) is 38.5 Å². The van der Waals surface area contributed by atoms with E-state index in [9.17, 15) is 9.90 Å². The molecular formula is C22H33N5O2. The predicted molar refractivity (Wildman–Crippen MR) is 110 cm³/mol. The highest BCUT2D eigenvalue weighted by atomic mass is 16.3. The number of rotatable bonds is 5. The van der Waals surface area contributed by atoms with Crippen LogP contribution in [0, 0.1) is 23.2 Å². The van der Waals surface area contributed by atoms with E-state index in [1.54, 1.807) is 18.2 Å². The van der Waals surface area contributed by atoms with Gasteiger partial charge in [-0.1, -0.05) is 0 Å². The van der Waals surface area contributed by atoms with Gasteiger partial charge in [0.1, 0.15) is 12.1 Å². The van der Waals surface area contributed by atoms with Gasteiger partial charge in [-0.2, -0.15) is 0 Å². The summed E-state index contributed by atoms with van der Waals surface area (Å²) in [4.78, 5) is 22.9. The minimum Gasteiger partial charge on any atom is -0.391 e. The fraction of sp³-hybridized carbons (Fsp3) is 0.773. The maximum atomic E-state index is 12.2. The second kappa shape index (κ2) is 7.20. The molecule has 1 amide bonds. The molecule has 1 aromatic heterocycles. The number of nitrogens with two attached hydrogens (primary N) is 1. The van der Waals surface area contributed by atoms with E-state index in [-0.39, 0.29) is 17.4 Å². The Kier molecular flexibility index (Phi) is 4.78. The number of fused-ring (bicyclic) bond motifs is 1. The molecule has 2 unspecified atom stereocenters. The Hall–Kier alpha value is -1.73. The van der Waals surface area contributed by atoms with Crippen molar-refractivity contribution in [2.45, 2.75) is 70.6 Å². The van der Waals surface area contributed by atoms with Crippen LogP contribution in [0.5, 0.6) is 0 Å². The Morgan fingerprint density at radius 1 is 1.28 bits per heavy atom. The lowest BCUT2D eigenvalue weighted by atomic mass is 9.48. The lowest BCUT2D eigenvalue weighted by Gasteiger charge is -2.58. The third-order valence-corrected chi connectivity index (χ3v) is 7.96. The minimum atomic E-state index is -0.494. The summed E-state index contributed by atoms with van der Waals surface area (Å²) in [6, 6.07) is -0.494. The van der Waals surface area contributed by atoms with Crippen LogP contribution in [0.1, 0.15) is 56.7 Å². The largest absolute Gasteiger partial charge is 0.391 e. The molecule has 6 rings (SSSR count). The molecule has 1 aliphatic heterocycles. The van der Waals surface area contributed by atoms with Crippen LogP contribution in [-0.4, -0.2) is 51.1 Å². The molecule has 0 saturated heterocycles. The average molecular weight is 400 g/mol. The predicted octanol–water partition coefficient (Wildman–Crippen LogP) is 1.70. The maximum Gasteiger partial charge on any atom is 0.239 e. The van der Waals surface area contributed by atoms with Crippen LogP contribution in [0.25, 0.3) is 0 Å². The Bertz CT molecular complexity index is 760. The third kappa shape index (κ3) is 3.42. The summed E-state index contributed by atoms with van der Waals surface area (Å²) in [6.45, 7) is 3.37. The highest BCUT2D eigenvalue weighted by molar-refractivity contribution is 5.81. The van der Waals surface area contributed by atoms with Crippen LogP contribution in [0.2, 0.25) is 0 Å². The fourth-order valence-electron chi connectivity index (χ4n) is 6.98. The molecular weight excluding hydrogens is 366 g/mol. The first-order valence-electron chi connectivity index (χ1n) is 11.2. The van der Waals surface area contributed by atoms with E-state index in [2.05, 4.69) is 15.3 Å². The second-order valence-electron chi connectivity index (χ2n) is 10.1. The lowest BCUT2D eigenvalue weighted by Crippen LogP contribution is -2.53. The van der Waals surface area contributed by atoms with Crippen molar-refractivity contribution in [3.63, 3.8) is 0 Å². The summed E-state index contributed by atoms with van der Waals surface area (Å²) in [5.41, 5.74) is 7.81. The first-order chi connectivity index (χ1) is 13.9. The number of hydrogen-bond acceptors (Lipinski definition) is 6. The number of carbonyl (C=O) groups is 1. The number of nitrogens with one attached hydrogen (secondary N) is 1. The summed E-state index contributed by atoms with van der Waals surface area (Å²) in [6.07, 6.45) is 9.66. The van der Waals surface area contributed by atoms with Gasteiger partial charge in [0.2, 0.25) is 5.91 Å². The van der Waals surface area contributed by atoms with Crippen LogP contribution in [0.4, 0.5) is 5.82 Å². The van der Waals surface area contributed by atoms with Gasteiger partial charge in [0.05, 0.1) is 24.4 Å². The first kappa shape index (κ1) is 19.2. The highest BCUT2D eigenvalue weighted by Crippen LogP contribution is 2.61. The molecule has 7 nitrogen and oxygen atoms in total. The molecule has 5 aliphatic rings. The number of anilines is 1. The standard InChI is InChI=1S/C22H33N5O2/c1-13(23)21(29)27-3-2-17-18(11-27)25-12-26-20(17)24-10-19(28)22-7-14-4-15(8-22)6-16(5-14)9-22/h12-16,19,28H,2-11,23H2,1H3,(H,24,25,26). The van der Waals surface area contributed by atoms with Crippen molar-refractivity contribution >= 4 is 11.7 Å². The number of aliphatic hydroxyl groups excluding tert-OH is 1. The fourth-order valence-corrected chi connectivity index (χ4v) is 6.98. The van der Waals surface area contributed by atoms with Crippen molar-refractivity contribution in [2.24, 2.45) is 28.9 Å². The molecule has 0 radical (unpaired) electrons. The van der Waals surface area contributed by atoms with E-state index in [4.69, 9.17) is 5.73 Å². The highest BCUT2D eigenvalue weighted by Gasteiger charge is 2.53. The van der Waals surface area contributed by atoms with Gasteiger partial charge in [-0.15, -0.1) is 0 Å². The van der Waals surface area contributed by atoms with Crippen molar-refractivity contribution in [1.29, 1.82) is 0 Å². The topological polar surface area (TPSA) is 104 Å². The van der Waals surface area contributed by atoms with Crippen molar-refractivity contribution < 1.29 is 9.90 Å². The van der Waals surface area contributed by atoms with E-state index in [1.807, 2.05) is 0 Å². The molecule has 7 heteroatoms. The molecule has 0 spiro atoms. The zero-order valence-electron chi connectivity index (χ0n) is 17.3. The Balaban J connectivity index is 1.27. The van der Waals surface area contributed by atoms with Gasteiger partial charge in [-0.05, 0) is 75.0 Å². The van der Waals surface area contributed by atoms with Crippen molar-refractivity contribution in [1.82, 2.24) is 14.9 Å². The summed E-state index contributed by atoms with van der Waals surface area (Å²) in [7, 11) is 0. The smallest absolute Gasteiger partial charge is 0.239 e. The van der Waals surface area contributed by atoms with Gasteiger partial charge in [0, 0.05) is 18.7 Å². The van der Waals surface area contributed by atoms with Crippen LogP contribution in [-0.2, 0) is 17.8 Å². The summed E-state index contributed by atoms with van der Waals surface area (Å²) in [5, 5.41) is 14.6. The van der Waals surface area contributed by atoms with Crippen LogP contribution in [0.3, 0.4) is 0 Å². The van der Waals surface area contributed by atoms with E-state index >= 15 is 0 Å². The van der Waals surface area contributed by atoms with Gasteiger partial charge in [0.15, 0.2) is 0 Å². The van der Waals surface area contributed by atoms with Crippen molar-refractivity contribution in [2.75, 3.05) is 18.4 Å². The van der Waals surface area contributed by atoms with E-state index in [0.717, 1.165) is 34.8 Å². The quantitative estimate of drug-likeness (QED) is 0.696. The van der Waals surface area contributed by atoms with Crippen molar-refractivity contribution in [3.8, 4) is 0 Å². The monoisotopic (exact) mass is 399 g/mol. The van der Waals surface area contributed by atoms with E-state index < -0.39 is 6.04 Å². The number of nitrogens with zero attached hydrogens (tertiary/aromatic N) is 3. The number of carbonyl (C=O) groups excluding carboxylic acids is 1. The SMILES string of the molecule is CC(N)C(=O)N1CCc2c(ncnc2NCC(O)C23CC4CC(CC(C4)C2)C3)C1. The number of aliphatic hydroxyl groups is 1. The summed E-state index contributed by atoms with van der Waals surface area (Å²) >= 11 is 0. The van der Waals surface area contributed by atoms with Crippen molar-refractivity contribution in [3.05, 3.63) is 17.6 Å². The Morgan fingerprint density at radius 3 is 2.55 bits per heavy atom. The normalized spacial score (nSPS) is 34.6. The molecule has 2 atom stereocenters. The van der Waals surface area contributed by atoms with Gasteiger partial charge < -0.3 is 21.1 Å². The molecule has 0 aromatic carbocycles. The Labute approximate surface area is 172 Å². The van der Waals surface area contributed by atoms with Crippen LogP contribution < -0.4 is 11.1 Å². The summed E-state index contributed by atoms with van der Waals surface area (Å²) in [5.74, 6) is 3.26. The molecule has 29 heavy (non-hydrogen) atoms. The zero-order chi connectivity index (χ0) is 20.2. The molecule has 4 bridgehead atoms. The molecule has 4 fully saturated rings. The lowest BCUT2D eigenvalue weighted by molar-refractivity contribution is -0.133. The molecule has 4 saturated carbocycles. The van der Waals surface area contributed by atoms with Crippen LogP contribution >= 0.6 is 0 Å². The molecule has 2 heterocycles. The second-order valence-corrected chi connectivity index (χ2v) is 10.1. The molecule has 4 N–H and O–H groups in total. The van der Waals surface area contributed by atoms with Gasteiger partial charge in [-0.25, -0.2) is 9.97 Å². The maximum absolute atomic E-state index is 12.2. The minimum absolute atomic E-state index is 0.0407. The first-order valence-corrected chi connectivity index (χ1v) is 11.2. The summed E-state index contributed by atoms with van der Waals surface area (Å²) < 4.78 is 0. The third-order valence-electron chi connectivity index (χ3n) is 7.96. The molecule has 158 valence electrons.